The van der Waals surface area contributed by atoms with Crippen LogP contribution in [0.2, 0.25) is 0 Å². The van der Waals surface area contributed by atoms with E-state index in [0.717, 1.165) is 18.4 Å². The molecule has 0 saturated carbocycles. The Morgan fingerprint density at radius 1 is 1.19 bits per heavy atom. The third-order valence-corrected chi connectivity index (χ3v) is 4.52. The quantitative estimate of drug-likeness (QED) is 0.766. The predicted molar refractivity (Wildman–Crippen MR) is 95.6 cm³/mol. The minimum atomic E-state index is -0.308. The van der Waals surface area contributed by atoms with Gasteiger partial charge < -0.3 is 9.64 Å². The first kappa shape index (κ1) is 17.1. The van der Waals surface area contributed by atoms with Crippen LogP contribution in [0.4, 0.5) is 4.39 Å². The second-order valence-corrected chi connectivity index (χ2v) is 6.33. The number of nitrogens with zero attached hydrogens (tertiary/aromatic N) is 4. The lowest BCUT2D eigenvalue weighted by atomic mass is 10.1. The molecule has 0 aliphatic carbocycles. The van der Waals surface area contributed by atoms with Crippen LogP contribution < -0.4 is 4.74 Å². The van der Waals surface area contributed by atoms with E-state index in [1.807, 2.05) is 0 Å². The van der Waals surface area contributed by atoms with Crippen molar-refractivity contribution in [2.75, 3.05) is 13.1 Å². The van der Waals surface area contributed by atoms with Gasteiger partial charge in [0.15, 0.2) is 0 Å². The molecule has 3 heterocycles. The number of carbonyl (C=O) groups excluding carboxylic acids is 1. The maximum atomic E-state index is 13.0. The lowest BCUT2D eigenvalue weighted by Gasteiger charge is -2.31. The fourth-order valence-electron chi connectivity index (χ4n) is 3.07. The number of rotatable bonds is 4. The van der Waals surface area contributed by atoms with E-state index >= 15 is 0 Å². The highest BCUT2D eigenvalue weighted by molar-refractivity contribution is 5.93. The van der Waals surface area contributed by atoms with E-state index in [9.17, 15) is 9.18 Å². The van der Waals surface area contributed by atoms with E-state index < -0.39 is 0 Å². The Labute approximate surface area is 155 Å². The number of hydrogen-bond donors (Lipinski definition) is 1. The van der Waals surface area contributed by atoms with E-state index in [1.165, 1.54) is 18.5 Å². The van der Waals surface area contributed by atoms with E-state index in [0.29, 0.717) is 30.4 Å². The summed E-state index contributed by atoms with van der Waals surface area (Å²) in [4.78, 5) is 22.4. The molecule has 1 aliphatic rings. The molecule has 8 heteroatoms. The number of carbonyl (C=O) groups is 1. The number of piperidine rings is 1. The summed E-state index contributed by atoms with van der Waals surface area (Å²) in [6, 6.07) is 9.42. The minimum Gasteiger partial charge on any atom is -0.474 e. The Balaban J connectivity index is 1.36. The Morgan fingerprint density at radius 3 is 2.67 bits per heavy atom. The van der Waals surface area contributed by atoms with Crippen molar-refractivity contribution in [1.82, 2.24) is 25.1 Å². The molecular formula is C19H18FN5O2. The van der Waals surface area contributed by atoms with E-state index in [-0.39, 0.29) is 17.8 Å². The first-order chi connectivity index (χ1) is 13.2. The average Bonchev–Trinajstić information content (AvgIpc) is 3.20. The van der Waals surface area contributed by atoms with Gasteiger partial charge in [-0.05, 0) is 30.3 Å². The van der Waals surface area contributed by atoms with E-state index in [1.54, 1.807) is 35.4 Å². The van der Waals surface area contributed by atoms with Gasteiger partial charge in [-0.15, -0.1) is 0 Å². The fourth-order valence-corrected chi connectivity index (χ4v) is 3.07. The third-order valence-electron chi connectivity index (χ3n) is 4.52. The Morgan fingerprint density at radius 2 is 1.96 bits per heavy atom. The van der Waals surface area contributed by atoms with Crippen LogP contribution in [0.5, 0.6) is 5.88 Å². The third kappa shape index (κ3) is 3.94. The molecule has 0 bridgehead atoms. The number of likely N-dealkylation sites (tertiary alicyclic amines) is 1. The smallest absolute Gasteiger partial charge is 0.271 e. The standard InChI is InChI=1S/C19H18FN5O2/c20-14-3-1-13(2-4-14)16-11-17(24-23-16)19(26)25-9-6-15(7-10-25)27-18-5-8-21-12-22-18/h1-5,8,11-12,15H,6-7,9-10H2,(H,23,24). The molecule has 0 unspecified atom stereocenters. The number of benzene rings is 1. The molecule has 1 aliphatic heterocycles. The Kier molecular flexibility index (Phi) is 4.78. The van der Waals surface area contributed by atoms with Gasteiger partial charge in [0.25, 0.3) is 5.91 Å². The molecule has 0 spiro atoms. The molecule has 2 aromatic heterocycles. The van der Waals surface area contributed by atoms with E-state index in [4.69, 9.17) is 4.74 Å². The zero-order valence-electron chi connectivity index (χ0n) is 14.5. The van der Waals surface area contributed by atoms with Crippen molar-refractivity contribution >= 4 is 5.91 Å². The van der Waals surface area contributed by atoms with Crippen LogP contribution in [0.25, 0.3) is 11.3 Å². The van der Waals surface area contributed by atoms with E-state index in [2.05, 4.69) is 20.2 Å². The first-order valence-corrected chi connectivity index (χ1v) is 8.72. The molecule has 138 valence electrons. The largest absolute Gasteiger partial charge is 0.474 e. The summed E-state index contributed by atoms with van der Waals surface area (Å²) < 4.78 is 18.9. The van der Waals surface area contributed by atoms with Crippen LogP contribution in [-0.2, 0) is 0 Å². The summed E-state index contributed by atoms with van der Waals surface area (Å²) in [6.45, 7) is 1.19. The molecule has 1 aromatic carbocycles. The number of halogens is 1. The SMILES string of the molecule is O=C(c1cc(-c2ccc(F)cc2)n[nH]1)N1CCC(Oc2ccncn2)CC1. The average molecular weight is 367 g/mol. The van der Waals surface area contributed by atoms with Crippen molar-refractivity contribution < 1.29 is 13.9 Å². The maximum absolute atomic E-state index is 13.0. The van der Waals surface area contributed by atoms with Gasteiger partial charge in [-0.3, -0.25) is 9.89 Å². The van der Waals surface area contributed by atoms with Gasteiger partial charge in [-0.25, -0.2) is 14.4 Å². The van der Waals surface area contributed by atoms with Gasteiger partial charge in [0, 0.05) is 43.8 Å². The number of aromatic amines is 1. The van der Waals surface area contributed by atoms with Crippen molar-refractivity contribution in [3.05, 3.63) is 60.4 Å². The molecule has 0 atom stereocenters. The van der Waals surface area contributed by atoms with Crippen molar-refractivity contribution in [1.29, 1.82) is 0 Å². The second kappa shape index (κ2) is 7.53. The first-order valence-electron chi connectivity index (χ1n) is 8.72. The summed E-state index contributed by atoms with van der Waals surface area (Å²) in [5.41, 5.74) is 1.79. The molecule has 1 amide bonds. The van der Waals surface area contributed by atoms with Crippen LogP contribution in [0.15, 0.2) is 48.9 Å². The normalized spacial score (nSPS) is 14.9. The Hall–Kier alpha value is -3.29. The Bertz CT molecular complexity index is 905. The number of aromatic nitrogens is 4. The van der Waals surface area contributed by atoms with Gasteiger partial charge in [-0.1, -0.05) is 0 Å². The van der Waals surface area contributed by atoms with Crippen molar-refractivity contribution in [2.45, 2.75) is 18.9 Å². The lowest BCUT2D eigenvalue weighted by molar-refractivity contribution is 0.0582. The van der Waals surface area contributed by atoms with Crippen LogP contribution in [0.3, 0.4) is 0 Å². The predicted octanol–water partition coefficient (Wildman–Crippen LogP) is 2.69. The maximum Gasteiger partial charge on any atom is 0.271 e. The minimum absolute atomic E-state index is 0.0282. The highest BCUT2D eigenvalue weighted by Crippen LogP contribution is 2.21. The van der Waals surface area contributed by atoms with Crippen LogP contribution in [-0.4, -0.2) is 50.2 Å². The van der Waals surface area contributed by atoms with Crippen LogP contribution in [0, 0.1) is 5.82 Å². The van der Waals surface area contributed by atoms with Crippen molar-refractivity contribution in [2.24, 2.45) is 0 Å². The fraction of sp³-hybridized carbons (Fsp3) is 0.263. The highest BCUT2D eigenvalue weighted by atomic mass is 19.1. The van der Waals surface area contributed by atoms with Gasteiger partial charge >= 0.3 is 0 Å². The molecule has 1 saturated heterocycles. The summed E-state index contributed by atoms with van der Waals surface area (Å²) >= 11 is 0. The van der Waals surface area contributed by atoms with Gasteiger partial charge in [0.05, 0.1) is 5.69 Å². The molecule has 4 rings (SSSR count). The molecule has 7 nitrogen and oxygen atoms in total. The summed E-state index contributed by atoms with van der Waals surface area (Å²) in [5.74, 6) is 0.140. The zero-order chi connectivity index (χ0) is 18.6. The van der Waals surface area contributed by atoms with Crippen molar-refractivity contribution in [3.8, 4) is 17.1 Å². The van der Waals surface area contributed by atoms with Gasteiger partial charge in [-0.2, -0.15) is 5.10 Å². The zero-order valence-corrected chi connectivity index (χ0v) is 14.5. The molecule has 0 radical (unpaired) electrons. The number of ether oxygens (including phenoxy) is 1. The molecule has 27 heavy (non-hydrogen) atoms. The monoisotopic (exact) mass is 367 g/mol. The number of nitrogens with one attached hydrogen (secondary N) is 1. The van der Waals surface area contributed by atoms with Gasteiger partial charge in [0.2, 0.25) is 5.88 Å². The lowest BCUT2D eigenvalue weighted by Crippen LogP contribution is -2.42. The molecule has 3 aromatic rings. The summed E-state index contributed by atoms with van der Waals surface area (Å²) in [6.07, 6.45) is 4.58. The second-order valence-electron chi connectivity index (χ2n) is 6.33. The molecule has 1 N–H and O–H groups in total. The molecule has 1 fully saturated rings. The number of H-pyrrole nitrogens is 1. The van der Waals surface area contributed by atoms with Crippen molar-refractivity contribution in [3.63, 3.8) is 0 Å². The van der Waals surface area contributed by atoms with Crippen LogP contribution in [0.1, 0.15) is 23.3 Å². The topological polar surface area (TPSA) is 84.0 Å². The van der Waals surface area contributed by atoms with Crippen LogP contribution >= 0.6 is 0 Å². The highest BCUT2D eigenvalue weighted by Gasteiger charge is 2.26. The molecular weight excluding hydrogens is 349 g/mol. The summed E-state index contributed by atoms with van der Waals surface area (Å²) in [7, 11) is 0. The summed E-state index contributed by atoms with van der Waals surface area (Å²) in [5, 5.41) is 6.95. The number of hydrogen-bond acceptors (Lipinski definition) is 5. The van der Waals surface area contributed by atoms with Gasteiger partial charge in [0.1, 0.15) is 23.9 Å². The number of amides is 1.